The monoisotopic (exact) mass is 139 g/mol. The second kappa shape index (κ2) is 3.40. The topological polar surface area (TPSA) is 29.1 Å². The first-order valence-electron chi connectivity index (χ1n) is 3.73. The summed E-state index contributed by atoms with van der Waals surface area (Å²) in [5.74, 6) is 0.809. The molecule has 0 aliphatic heterocycles. The van der Waals surface area contributed by atoms with Crippen LogP contribution in [0.15, 0.2) is 12.2 Å². The summed E-state index contributed by atoms with van der Waals surface area (Å²) in [5.41, 5.74) is 0. The van der Waals surface area contributed by atoms with Gasteiger partial charge in [-0.2, -0.15) is 0 Å². The van der Waals surface area contributed by atoms with Crippen molar-refractivity contribution in [3.05, 3.63) is 12.2 Å². The number of carbonyl (C=O) groups excluding carboxylic acids is 1. The van der Waals surface area contributed by atoms with E-state index >= 15 is 0 Å². The first-order valence-corrected chi connectivity index (χ1v) is 3.73. The van der Waals surface area contributed by atoms with Crippen LogP contribution in [0.25, 0.3) is 0 Å². The minimum Gasteiger partial charge on any atom is -0.352 e. The highest BCUT2D eigenvalue weighted by Gasteiger charge is 2.20. The van der Waals surface area contributed by atoms with Crippen LogP contribution in [0.3, 0.4) is 0 Å². The van der Waals surface area contributed by atoms with Gasteiger partial charge in [0.25, 0.3) is 0 Å². The Morgan fingerprint density at radius 3 is 2.90 bits per heavy atom. The summed E-state index contributed by atoms with van der Waals surface area (Å²) < 4.78 is 0. The summed E-state index contributed by atoms with van der Waals surface area (Å²) in [5, 5.41) is 2.82. The van der Waals surface area contributed by atoms with Crippen LogP contribution >= 0.6 is 0 Å². The Labute approximate surface area is 61.3 Å². The highest BCUT2D eigenvalue weighted by molar-refractivity contribution is 5.87. The van der Waals surface area contributed by atoms with Crippen LogP contribution in [0.4, 0.5) is 0 Å². The van der Waals surface area contributed by atoms with Gasteiger partial charge in [0.1, 0.15) is 0 Å². The number of rotatable bonds is 3. The number of carbonyl (C=O) groups is 1. The van der Waals surface area contributed by atoms with Crippen molar-refractivity contribution in [1.29, 1.82) is 0 Å². The van der Waals surface area contributed by atoms with Gasteiger partial charge in [-0.25, -0.2) is 0 Å². The van der Waals surface area contributed by atoms with Crippen molar-refractivity contribution in [3.8, 4) is 0 Å². The van der Waals surface area contributed by atoms with E-state index in [1.807, 2.05) is 6.92 Å². The molecule has 2 nitrogen and oxygen atoms in total. The maximum Gasteiger partial charge on any atom is 0.243 e. The summed E-state index contributed by atoms with van der Waals surface area (Å²) >= 11 is 0. The van der Waals surface area contributed by atoms with Crippen LogP contribution in [0.2, 0.25) is 0 Å². The molecule has 1 aliphatic rings. The molecule has 10 heavy (non-hydrogen) atoms. The molecule has 2 heteroatoms. The van der Waals surface area contributed by atoms with Crippen molar-refractivity contribution in [2.24, 2.45) is 5.92 Å². The van der Waals surface area contributed by atoms with E-state index in [1.165, 1.54) is 12.8 Å². The van der Waals surface area contributed by atoms with E-state index in [2.05, 4.69) is 5.32 Å². The molecule has 0 bridgehead atoms. The molecule has 1 amide bonds. The quantitative estimate of drug-likeness (QED) is 0.582. The standard InChI is InChI=1S/C8H13NO/c1-2-3-8(10)9-6-7-4-5-7/h2-3,7H,4-6H2,1H3,(H,9,10)/b3-2+. The first-order chi connectivity index (χ1) is 4.83. The van der Waals surface area contributed by atoms with Crippen LogP contribution in [0, 0.1) is 5.92 Å². The molecule has 0 aromatic carbocycles. The van der Waals surface area contributed by atoms with Gasteiger partial charge in [0.15, 0.2) is 0 Å². The molecular weight excluding hydrogens is 126 g/mol. The Morgan fingerprint density at radius 1 is 1.70 bits per heavy atom. The van der Waals surface area contributed by atoms with Crippen molar-refractivity contribution in [2.75, 3.05) is 6.54 Å². The lowest BCUT2D eigenvalue weighted by Crippen LogP contribution is -2.23. The SMILES string of the molecule is C/C=C/C(=O)NCC1CC1. The third kappa shape index (κ3) is 2.67. The Balaban J connectivity index is 2.05. The molecule has 1 rings (SSSR count). The third-order valence-electron chi connectivity index (χ3n) is 1.58. The summed E-state index contributed by atoms with van der Waals surface area (Å²) in [7, 11) is 0. The van der Waals surface area contributed by atoms with Crippen molar-refractivity contribution in [1.82, 2.24) is 5.32 Å². The molecule has 0 heterocycles. The van der Waals surface area contributed by atoms with Crippen LogP contribution in [-0.2, 0) is 4.79 Å². The average molecular weight is 139 g/mol. The van der Waals surface area contributed by atoms with Crippen LogP contribution in [-0.4, -0.2) is 12.5 Å². The molecule has 1 aliphatic carbocycles. The van der Waals surface area contributed by atoms with E-state index in [-0.39, 0.29) is 5.91 Å². The molecule has 0 spiro atoms. The van der Waals surface area contributed by atoms with Crippen molar-refractivity contribution in [2.45, 2.75) is 19.8 Å². The normalized spacial score (nSPS) is 17.7. The maximum absolute atomic E-state index is 10.8. The van der Waals surface area contributed by atoms with E-state index in [1.54, 1.807) is 12.2 Å². The first kappa shape index (κ1) is 7.32. The van der Waals surface area contributed by atoms with Crippen molar-refractivity contribution in [3.63, 3.8) is 0 Å². The number of amides is 1. The van der Waals surface area contributed by atoms with Crippen molar-refractivity contribution >= 4 is 5.91 Å². The van der Waals surface area contributed by atoms with Crippen molar-refractivity contribution < 1.29 is 4.79 Å². The van der Waals surface area contributed by atoms with Gasteiger partial charge in [-0.15, -0.1) is 0 Å². The fraction of sp³-hybridized carbons (Fsp3) is 0.625. The lowest BCUT2D eigenvalue weighted by Gasteiger charge is -1.97. The molecule has 1 N–H and O–H groups in total. The van der Waals surface area contributed by atoms with E-state index in [4.69, 9.17) is 0 Å². The Kier molecular flexibility index (Phi) is 2.49. The molecule has 0 aromatic rings. The summed E-state index contributed by atoms with van der Waals surface area (Å²) in [6, 6.07) is 0. The number of hydrogen-bond acceptors (Lipinski definition) is 1. The molecule has 0 saturated heterocycles. The van der Waals surface area contributed by atoms with Gasteiger partial charge in [0.05, 0.1) is 0 Å². The van der Waals surface area contributed by atoms with Gasteiger partial charge in [-0.3, -0.25) is 4.79 Å². The molecule has 1 saturated carbocycles. The second-order valence-corrected chi connectivity index (χ2v) is 2.69. The smallest absolute Gasteiger partial charge is 0.243 e. The fourth-order valence-corrected chi connectivity index (χ4v) is 0.777. The Hall–Kier alpha value is -0.790. The summed E-state index contributed by atoms with van der Waals surface area (Å²) in [6.45, 7) is 2.71. The van der Waals surface area contributed by atoms with Gasteiger partial charge >= 0.3 is 0 Å². The van der Waals surface area contributed by atoms with E-state index in [0.717, 1.165) is 12.5 Å². The molecule has 0 aromatic heterocycles. The highest BCUT2D eigenvalue weighted by atomic mass is 16.1. The fourth-order valence-electron chi connectivity index (χ4n) is 0.777. The van der Waals surface area contributed by atoms with Gasteiger partial charge < -0.3 is 5.32 Å². The third-order valence-corrected chi connectivity index (χ3v) is 1.58. The van der Waals surface area contributed by atoms with Crippen LogP contribution < -0.4 is 5.32 Å². The Morgan fingerprint density at radius 2 is 2.40 bits per heavy atom. The highest BCUT2D eigenvalue weighted by Crippen LogP contribution is 2.27. The minimum absolute atomic E-state index is 0.0365. The minimum atomic E-state index is 0.0365. The lowest BCUT2D eigenvalue weighted by atomic mass is 10.4. The summed E-state index contributed by atoms with van der Waals surface area (Å²) in [4.78, 5) is 10.8. The number of hydrogen-bond donors (Lipinski definition) is 1. The van der Waals surface area contributed by atoms with Gasteiger partial charge in [0.2, 0.25) is 5.91 Å². The van der Waals surface area contributed by atoms with Crippen LogP contribution in [0.5, 0.6) is 0 Å². The predicted molar refractivity (Wildman–Crippen MR) is 40.5 cm³/mol. The predicted octanol–water partition coefficient (Wildman–Crippen LogP) is 1.09. The van der Waals surface area contributed by atoms with Gasteiger partial charge in [0, 0.05) is 6.54 Å². The Bertz CT molecular complexity index is 147. The van der Waals surface area contributed by atoms with Gasteiger partial charge in [-0.05, 0) is 31.8 Å². The average Bonchev–Trinajstić information content (AvgIpc) is 2.67. The van der Waals surface area contributed by atoms with E-state index < -0.39 is 0 Å². The molecule has 0 atom stereocenters. The number of allylic oxidation sites excluding steroid dienone is 1. The zero-order chi connectivity index (χ0) is 7.40. The van der Waals surface area contributed by atoms with Gasteiger partial charge in [-0.1, -0.05) is 6.08 Å². The second-order valence-electron chi connectivity index (χ2n) is 2.69. The van der Waals surface area contributed by atoms with E-state index in [0.29, 0.717) is 0 Å². The molecule has 1 fully saturated rings. The number of nitrogens with one attached hydrogen (secondary N) is 1. The lowest BCUT2D eigenvalue weighted by molar-refractivity contribution is -0.116. The van der Waals surface area contributed by atoms with Crippen LogP contribution in [0.1, 0.15) is 19.8 Å². The molecule has 0 radical (unpaired) electrons. The van der Waals surface area contributed by atoms with E-state index in [9.17, 15) is 4.79 Å². The molecular formula is C8H13NO. The summed E-state index contributed by atoms with van der Waals surface area (Å²) in [6.07, 6.45) is 5.89. The molecule has 56 valence electrons. The largest absolute Gasteiger partial charge is 0.352 e. The zero-order valence-corrected chi connectivity index (χ0v) is 6.26. The molecule has 0 unspecified atom stereocenters. The zero-order valence-electron chi connectivity index (χ0n) is 6.26. The maximum atomic E-state index is 10.8.